The zero-order chi connectivity index (χ0) is 7.33. The van der Waals surface area contributed by atoms with E-state index in [0.29, 0.717) is 0 Å². The Balaban J connectivity index is 3.85. The van der Waals surface area contributed by atoms with Crippen LogP contribution in [0, 0.1) is 5.41 Å². The molecule has 0 fully saturated rings. The second kappa shape index (κ2) is 3.15. The minimum Gasteiger partial charge on any atom is -0.0769 e. The zero-order valence-corrected chi connectivity index (χ0v) is 6.00. The average Bonchev–Trinajstić information content (AvgIpc) is 1.63. The van der Waals surface area contributed by atoms with Gasteiger partial charge in [0.05, 0.1) is 0 Å². The summed E-state index contributed by atoms with van der Waals surface area (Å²) >= 11 is 0. The van der Waals surface area contributed by atoms with Crippen molar-refractivity contribution in [3.63, 3.8) is 0 Å². The van der Waals surface area contributed by atoms with Gasteiger partial charge in [0.25, 0.3) is 0 Å². The summed E-state index contributed by atoms with van der Waals surface area (Å²) in [5.41, 5.74) is 7.98. The van der Waals surface area contributed by atoms with Crippen LogP contribution in [0.3, 0.4) is 0 Å². The molecule has 9 heavy (non-hydrogen) atoms. The summed E-state index contributed by atoms with van der Waals surface area (Å²) in [7, 11) is 0. The van der Waals surface area contributed by atoms with Crippen LogP contribution in [0.1, 0.15) is 20.8 Å². The predicted molar refractivity (Wildman–Crippen MR) is 37.7 cm³/mol. The Morgan fingerprint density at radius 2 is 2.00 bits per heavy atom. The number of allylic oxidation sites excluding steroid dienone is 1. The van der Waals surface area contributed by atoms with Crippen LogP contribution in [0.25, 0.3) is 10.4 Å². The molecule has 0 N–H and O–H groups in total. The first-order valence-electron chi connectivity index (χ1n) is 2.78. The van der Waals surface area contributed by atoms with Crippen LogP contribution in [0.15, 0.2) is 17.4 Å². The largest absolute Gasteiger partial charge is 0.0769 e. The van der Waals surface area contributed by atoms with Crippen LogP contribution in [-0.4, -0.2) is 0 Å². The van der Waals surface area contributed by atoms with E-state index >= 15 is 0 Å². The highest BCUT2D eigenvalue weighted by atomic mass is 15.1. The lowest BCUT2D eigenvalue weighted by Crippen LogP contribution is -1.97. The molecule has 0 radical (unpaired) electrons. The van der Waals surface area contributed by atoms with Crippen molar-refractivity contribution in [2.45, 2.75) is 20.8 Å². The van der Waals surface area contributed by atoms with Crippen molar-refractivity contribution in [2.24, 2.45) is 10.5 Å². The highest BCUT2D eigenvalue weighted by Gasteiger charge is 2.01. The van der Waals surface area contributed by atoms with E-state index < -0.39 is 0 Å². The Morgan fingerprint density at radius 1 is 1.44 bits per heavy atom. The van der Waals surface area contributed by atoms with Gasteiger partial charge in [-0.1, -0.05) is 32.0 Å². The normalized spacial score (nSPS) is 11.4. The number of nitrogens with zero attached hydrogens (tertiary/aromatic N) is 3. The predicted octanol–water partition coefficient (Wildman–Crippen LogP) is 2.86. The van der Waals surface area contributed by atoms with Crippen LogP contribution in [0.2, 0.25) is 0 Å². The van der Waals surface area contributed by atoms with Crippen molar-refractivity contribution in [3.05, 3.63) is 22.7 Å². The molecule has 0 spiro atoms. The SMILES string of the molecule is CC(C)(C)/C=C/N=[N+]=[N-]. The van der Waals surface area contributed by atoms with Gasteiger partial charge < -0.3 is 0 Å². The van der Waals surface area contributed by atoms with Gasteiger partial charge in [-0.2, -0.15) is 0 Å². The van der Waals surface area contributed by atoms with Gasteiger partial charge in [-0.3, -0.25) is 0 Å². The molecule has 0 heterocycles. The molecule has 0 aliphatic carbocycles. The van der Waals surface area contributed by atoms with E-state index in [0.717, 1.165) is 0 Å². The van der Waals surface area contributed by atoms with E-state index in [4.69, 9.17) is 5.53 Å². The van der Waals surface area contributed by atoms with Gasteiger partial charge in [0.2, 0.25) is 0 Å². The Hall–Kier alpha value is -0.950. The van der Waals surface area contributed by atoms with Crippen LogP contribution in [-0.2, 0) is 0 Å². The third kappa shape index (κ3) is 7.05. The number of hydrogen-bond donors (Lipinski definition) is 0. The van der Waals surface area contributed by atoms with Crippen LogP contribution in [0.5, 0.6) is 0 Å². The van der Waals surface area contributed by atoms with Crippen molar-refractivity contribution in [1.82, 2.24) is 0 Å². The summed E-state index contributed by atoms with van der Waals surface area (Å²) in [6, 6.07) is 0. The lowest BCUT2D eigenvalue weighted by Gasteiger charge is -2.09. The van der Waals surface area contributed by atoms with E-state index in [1.807, 2.05) is 26.8 Å². The summed E-state index contributed by atoms with van der Waals surface area (Å²) in [4.78, 5) is 2.58. The van der Waals surface area contributed by atoms with Crippen LogP contribution < -0.4 is 0 Å². The lowest BCUT2D eigenvalue weighted by molar-refractivity contribution is 0.543. The number of rotatable bonds is 1. The topological polar surface area (TPSA) is 48.8 Å². The van der Waals surface area contributed by atoms with Gasteiger partial charge in [-0.05, 0) is 17.1 Å². The molecule has 3 nitrogen and oxygen atoms in total. The van der Waals surface area contributed by atoms with E-state index in [1.165, 1.54) is 6.20 Å². The van der Waals surface area contributed by atoms with Crippen LogP contribution >= 0.6 is 0 Å². The minimum atomic E-state index is 0.105. The molecular formula is C6H11N3. The molecule has 0 atom stereocenters. The molecular weight excluding hydrogens is 114 g/mol. The van der Waals surface area contributed by atoms with E-state index in [-0.39, 0.29) is 5.41 Å². The Bertz CT molecular complexity index is 146. The molecule has 0 aromatic heterocycles. The summed E-state index contributed by atoms with van der Waals surface area (Å²) in [5, 5.41) is 3.26. The van der Waals surface area contributed by atoms with Gasteiger partial charge in [0.1, 0.15) is 0 Å². The molecule has 0 amide bonds. The van der Waals surface area contributed by atoms with Gasteiger partial charge in [0.15, 0.2) is 0 Å². The first-order chi connectivity index (χ1) is 4.06. The molecule has 0 unspecified atom stereocenters. The van der Waals surface area contributed by atoms with Crippen molar-refractivity contribution < 1.29 is 0 Å². The van der Waals surface area contributed by atoms with Crippen molar-refractivity contribution in [3.8, 4) is 0 Å². The zero-order valence-electron chi connectivity index (χ0n) is 6.00. The molecule has 3 heteroatoms. The molecule has 50 valence electrons. The quantitative estimate of drug-likeness (QED) is 0.294. The molecule has 0 aliphatic rings. The van der Waals surface area contributed by atoms with Crippen molar-refractivity contribution in [1.29, 1.82) is 0 Å². The second-order valence-corrected chi connectivity index (χ2v) is 2.89. The highest BCUT2D eigenvalue weighted by Crippen LogP contribution is 2.13. The minimum absolute atomic E-state index is 0.105. The molecule has 0 bridgehead atoms. The van der Waals surface area contributed by atoms with E-state index in [9.17, 15) is 0 Å². The van der Waals surface area contributed by atoms with Gasteiger partial charge in [-0.25, -0.2) is 0 Å². The molecule has 0 aliphatic heterocycles. The Kier molecular flexibility index (Phi) is 2.82. The first kappa shape index (κ1) is 8.05. The Labute approximate surface area is 55.0 Å². The summed E-state index contributed by atoms with van der Waals surface area (Å²) in [6.45, 7) is 6.11. The molecule has 0 saturated heterocycles. The fraction of sp³-hybridized carbons (Fsp3) is 0.667. The standard InChI is InChI=1S/C6H11N3/c1-6(2,3)4-5-8-9-7/h4-5H,1-3H3/b5-4+. The highest BCUT2D eigenvalue weighted by molar-refractivity contribution is 4.90. The molecule has 0 aromatic carbocycles. The smallest absolute Gasteiger partial charge is 0.00474 e. The van der Waals surface area contributed by atoms with E-state index in [2.05, 4.69) is 10.0 Å². The number of hydrogen-bond acceptors (Lipinski definition) is 1. The second-order valence-electron chi connectivity index (χ2n) is 2.89. The Morgan fingerprint density at radius 3 is 2.33 bits per heavy atom. The maximum absolute atomic E-state index is 7.87. The summed E-state index contributed by atoms with van der Waals surface area (Å²) < 4.78 is 0. The lowest BCUT2D eigenvalue weighted by atomic mass is 9.97. The summed E-state index contributed by atoms with van der Waals surface area (Å²) in [6.07, 6.45) is 3.33. The number of azide groups is 1. The van der Waals surface area contributed by atoms with Crippen molar-refractivity contribution in [2.75, 3.05) is 0 Å². The average molecular weight is 125 g/mol. The van der Waals surface area contributed by atoms with Crippen molar-refractivity contribution >= 4 is 0 Å². The maximum Gasteiger partial charge on any atom is 0.00474 e. The molecule has 0 rings (SSSR count). The first-order valence-corrected chi connectivity index (χ1v) is 2.78. The fourth-order valence-corrected chi connectivity index (χ4v) is 0.287. The third-order valence-electron chi connectivity index (χ3n) is 0.693. The van der Waals surface area contributed by atoms with Gasteiger partial charge >= 0.3 is 0 Å². The van der Waals surface area contributed by atoms with Gasteiger partial charge in [-0.15, -0.1) is 0 Å². The maximum atomic E-state index is 7.87. The summed E-state index contributed by atoms with van der Waals surface area (Å²) in [5.74, 6) is 0. The van der Waals surface area contributed by atoms with Crippen LogP contribution in [0.4, 0.5) is 0 Å². The van der Waals surface area contributed by atoms with E-state index in [1.54, 1.807) is 0 Å². The fourth-order valence-electron chi connectivity index (χ4n) is 0.287. The van der Waals surface area contributed by atoms with Gasteiger partial charge in [0, 0.05) is 4.91 Å². The molecule has 0 aromatic rings. The monoisotopic (exact) mass is 125 g/mol. The third-order valence-corrected chi connectivity index (χ3v) is 0.693. The molecule has 0 saturated carbocycles.